The van der Waals surface area contributed by atoms with Gasteiger partial charge in [-0.15, -0.1) is 11.8 Å². The third-order valence-electron chi connectivity index (χ3n) is 2.01. The van der Waals surface area contributed by atoms with Gasteiger partial charge in [0.1, 0.15) is 11.8 Å². The van der Waals surface area contributed by atoms with Crippen LogP contribution < -0.4 is 0 Å². The fraction of sp³-hybridized carbons (Fsp3) is 0.0909. The Bertz CT molecular complexity index is 514. The molecule has 68 valence electrons. The second-order valence-corrected chi connectivity index (χ2v) is 3.75. The predicted octanol–water partition coefficient (Wildman–Crippen LogP) is 2.83. The zero-order valence-electron chi connectivity index (χ0n) is 7.69. The highest BCUT2D eigenvalue weighted by atomic mass is 32.2. The zero-order chi connectivity index (χ0) is 9.97. The highest BCUT2D eigenvalue weighted by Crippen LogP contribution is 2.20. The molecule has 14 heavy (non-hydrogen) atoms. The smallest absolute Gasteiger partial charge is 0.141 e. The Balaban J connectivity index is 2.64. The van der Waals surface area contributed by atoms with Crippen LogP contribution in [0, 0.1) is 11.3 Å². The Hall–Kier alpha value is -1.53. The van der Waals surface area contributed by atoms with Crippen molar-refractivity contribution in [3.63, 3.8) is 0 Å². The molecule has 0 unspecified atom stereocenters. The summed E-state index contributed by atoms with van der Waals surface area (Å²) in [4.78, 5) is 5.41. The molecular formula is C11H8N2S. The number of hydrogen-bond donors (Lipinski definition) is 0. The standard InChI is InChI=1S/C11H8N2S/c1-14-10-4-5-11-8(6-10)2-3-9(7-12)13-11/h2-6H,1H3. The molecule has 2 nitrogen and oxygen atoms in total. The van der Waals surface area contributed by atoms with E-state index in [0.717, 1.165) is 10.9 Å². The minimum Gasteiger partial charge on any atom is -0.237 e. The van der Waals surface area contributed by atoms with Crippen molar-refractivity contribution >= 4 is 22.7 Å². The number of aromatic nitrogens is 1. The summed E-state index contributed by atoms with van der Waals surface area (Å²) >= 11 is 1.70. The minimum atomic E-state index is 0.467. The summed E-state index contributed by atoms with van der Waals surface area (Å²) in [5.41, 5.74) is 1.34. The molecule has 0 fully saturated rings. The molecule has 0 N–H and O–H groups in total. The fourth-order valence-corrected chi connectivity index (χ4v) is 1.74. The van der Waals surface area contributed by atoms with Crippen LogP contribution in [0.5, 0.6) is 0 Å². The Morgan fingerprint density at radius 3 is 2.86 bits per heavy atom. The van der Waals surface area contributed by atoms with Crippen LogP contribution in [-0.2, 0) is 0 Å². The lowest BCUT2D eigenvalue weighted by atomic mass is 10.2. The molecule has 0 radical (unpaired) electrons. The summed E-state index contributed by atoms with van der Waals surface area (Å²) in [6.07, 6.45) is 2.04. The van der Waals surface area contributed by atoms with E-state index < -0.39 is 0 Å². The van der Waals surface area contributed by atoms with E-state index in [1.807, 2.05) is 30.5 Å². The van der Waals surface area contributed by atoms with Gasteiger partial charge in [-0.1, -0.05) is 0 Å². The van der Waals surface area contributed by atoms with E-state index in [1.54, 1.807) is 17.8 Å². The number of thioether (sulfide) groups is 1. The molecule has 2 rings (SSSR count). The summed E-state index contributed by atoms with van der Waals surface area (Å²) in [7, 11) is 0. The second kappa shape index (κ2) is 3.69. The van der Waals surface area contributed by atoms with Crippen LogP contribution >= 0.6 is 11.8 Å². The van der Waals surface area contributed by atoms with Crippen LogP contribution in [-0.4, -0.2) is 11.2 Å². The van der Waals surface area contributed by atoms with Crippen LogP contribution in [0.3, 0.4) is 0 Å². The van der Waals surface area contributed by atoms with Crippen LogP contribution in [0.25, 0.3) is 10.9 Å². The lowest BCUT2D eigenvalue weighted by Crippen LogP contribution is -1.83. The normalized spacial score (nSPS) is 10.0. The van der Waals surface area contributed by atoms with Crippen LogP contribution in [0.1, 0.15) is 5.69 Å². The van der Waals surface area contributed by atoms with Crippen molar-refractivity contribution in [2.45, 2.75) is 4.90 Å². The maximum Gasteiger partial charge on any atom is 0.141 e. The average molecular weight is 200 g/mol. The van der Waals surface area contributed by atoms with Crippen LogP contribution in [0.2, 0.25) is 0 Å². The number of hydrogen-bond acceptors (Lipinski definition) is 3. The van der Waals surface area contributed by atoms with Gasteiger partial charge in [-0.2, -0.15) is 5.26 Å². The molecule has 0 amide bonds. The van der Waals surface area contributed by atoms with Crippen molar-refractivity contribution in [2.24, 2.45) is 0 Å². The molecule has 1 aromatic heterocycles. The molecule has 0 saturated carbocycles. The van der Waals surface area contributed by atoms with Gasteiger partial charge >= 0.3 is 0 Å². The van der Waals surface area contributed by atoms with E-state index in [1.165, 1.54) is 4.90 Å². The summed E-state index contributed by atoms with van der Waals surface area (Å²) in [6, 6.07) is 11.7. The van der Waals surface area contributed by atoms with E-state index in [2.05, 4.69) is 11.1 Å². The monoisotopic (exact) mass is 200 g/mol. The molecule has 0 spiro atoms. The molecule has 3 heteroatoms. The second-order valence-electron chi connectivity index (χ2n) is 2.87. The summed E-state index contributed by atoms with van der Waals surface area (Å²) in [5.74, 6) is 0. The molecule has 1 heterocycles. The molecule has 0 aliphatic rings. The molecule has 2 aromatic rings. The van der Waals surface area contributed by atoms with Crippen molar-refractivity contribution in [3.05, 3.63) is 36.0 Å². The van der Waals surface area contributed by atoms with Crippen LogP contribution in [0.4, 0.5) is 0 Å². The van der Waals surface area contributed by atoms with Crippen molar-refractivity contribution in [2.75, 3.05) is 6.26 Å². The molecule has 0 bridgehead atoms. The van der Waals surface area contributed by atoms with E-state index in [4.69, 9.17) is 5.26 Å². The first-order valence-corrected chi connectivity index (χ1v) is 5.41. The van der Waals surface area contributed by atoms with Gasteiger partial charge in [-0.05, 0) is 36.6 Å². The fourth-order valence-electron chi connectivity index (χ4n) is 1.29. The molecule has 0 aliphatic carbocycles. The number of benzene rings is 1. The topological polar surface area (TPSA) is 36.7 Å². The molecule has 0 saturated heterocycles. The number of fused-ring (bicyclic) bond motifs is 1. The van der Waals surface area contributed by atoms with Gasteiger partial charge in [0.2, 0.25) is 0 Å². The molecule has 0 atom stereocenters. The van der Waals surface area contributed by atoms with E-state index in [0.29, 0.717) is 5.69 Å². The first-order valence-electron chi connectivity index (χ1n) is 4.18. The Kier molecular flexibility index (Phi) is 2.38. The van der Waals surface area contributed by atoms with Gasteiger partial charge in [-0.3, -0.25) is 0 Å². The first-order chi connectivity index (χ1) is 6.83. The highest BCUT2D eigenvalue weighted by molar-refractivity contribution is 7.98. The van der Waals surface area contributed by atoms with Gasteiger partial charge in [0.05, 0.1) is 5.52 Å². The average Bonchev–Trinajstić information content (AvgIpc) is 2.27. The SMILES string of the molecule is CSc1ccc2nc(C#N)ccc2c1. The minimum absolute atomic E-state index is 0.467. The predicted molar refractivity (Wildman–Crippen MR) is 58.2 cm³/mol. The van der Waals surface area contributed by atoms with Crippen molar-refractivity contribution < 1.29 is 0 Å². The van der Waals surface area contributed by atoms with Gasteiger partial charge < -0.3 is 0 Å². The van der Waals surface area contributed by atoms with Crippen LogP contribution in [0.15, 0.2) is 35.2 Å². The van der Waals surface area contributed by atoms with Gasteiger partial charge in [0.25, 0.3) is 0 Å². The zero-order valence-corrected chi connectivity index (χ0v) is 8.51. The maximum absolute atomic E-state index is 8.68. The van der Waals surface area contributed by atoms with Crippen molar-refractivity contribution in [1.82, 2.24) is 4.98 Å². The van der Waals surface area contributed by atoms with E-state index in [9.17, 15) is 0 Å². The molecule has 1 aromatic carbocycles. The molecular weight excluding hydrogens is 192 g/mol. The Morgan fingerprint density at radius 2 is 2.14 bits per heavy atom. The van der Waals surface area contributed by atoms with Crippen molar-refractivity contribution in [3.8, 4) is 6.07 Å². The third kappa shape index (κ3) is 1.57. The number of pyridine rings is 1. The first kappa shape index (κ1) is 9.04. The summed E-state index contributed by atoms with van der Waals surface area (Å²) < 4.78 is 0. The van der Waals surface area contributed by atoms with Gasteiger partial charge in [0, 0.05) is 10.3 Å². The van der Waals surface area contributed by atoms with Crippen molar-refractivity contribution in [1.29, 1.82) is 5.26 Å². The maximum atomic E-state index is 8.68. The van der Waals surface area contributed by atoms with Gasteiger partial charge in [-0.25, -0.2) is 4.98 Å². The third-order valence-corrected chi connectivity index (χ3v) is 2.74. The summed E-state index contributed by atoms with van der Waals surface area (Å²) in [6.45, 7) is 0. The number of rotatable bonds is 1. The lowest BCUT2D eigenvalue weighted by molar-refractivity contribution is 1.32. The largest absolute Gasteiger partial charge is 0.237 e. The van der Waals surface area contributed by atoms with E-state index >= 15 is 0 Å². The number of nitrogens with zero attached hydrogens (tertiary/aromatic N) is 2. The van der Waals surface area contributed by atoms with Gasteiger partial charge in [0.15, 0.2) is 0 Å². The van der Waals surface area contributed by atoms with E-state index in [-0.39, 0.29) is 0 Å². The highest BCUT2D eigenvalue weighted by Gasteiger charge is 1.98. The lowest BCUT2D eigenvalue weighted by Gasteiger charge is -1.99. The molecule has 0 aliphatic heterocycles. The Morgan fingerprint density at radius 1 is 1.29 bits per heavy atom. The Labute approximate surface area is 86.6 Å². The quantitative estimate of drug-likeness (QED) is 0.664. The number of nitriles is 1. The summed E-state index contributed by atoms with van der Waals surface area (Å²) in [5, 5.41) is 9.76.